The highest BCUT2D eigenvalue weighted by atomic mass is 32.2. The molecule has 2 rings (SSSR count). The van der Waals surface area contributed by atoms with E-state index in [1.807, 2.05) is 0 Å². The molecular formula is C12H12N4O2S. The van der Waals surface area contributed by atoms with Crippen LogP contribution in [0.3, 0.4) is 0 Å². The van der Waals surface area contributed by atoms with Crippen molar-refractivity contribution >= 4 is 23.4 Å². The highest BCUT2D eigenvalue weighted by Gasteiger charge is 2.16. The molecule has 0 saturated heterocycles. The molecule has 0 aliphatic carbocycles. The van der Waals surface area contributed by atoms with Crippen molar-refractivity contribution in [3.63, 3.8) is 0 Å². The van der Waals surface area contributed by atoms with E-state index in [1.165, 1.54) is 24.3 Å². The molecule has 0 aromatic carbocycles. The van der Waals surface area contributed by atoms with Gasteiger partial charge in [-0.25, -0.2) is 19.7 Å². The summed E-state index contributed by atoms with van der Waals surface area (Å²) in [7, 11) is 0. The molecule has 6 nitrogen and oxygen atoms in total. The molecule has 0 spiro atoms. The molecule has 2 N–H and O–H groups in total. The Balaban J connectivity index is 2.32. The van der Waals surface area contributed by atoms with E-state index in [1.54, 1.807) is 25.3 Å². The van der Waals surface area contributed by atoms with E-state index in [0.29, 0.717) is 27.9 Å². The Morgan fingerprint density at radius 1 is 1.47 bits per heavy atom. The number of nitrogens with zero attached hydrogens (tertiary/aromatic N) is 3. The first-order valence-corrected chi connectivity index (χ1v) is 6.39. The number of hydrogen-bond acceptors (Lipinski definition) is 7. The smallest absolute Gasteiger partial charge is 0.340 e. The summed E-state index contributed by atoms with van der Waals surface area (Å²) >= 11 is 1.26. The Kier molecular flexibility index (Phi) is 4.30. The molecule has 19 heavy (non-hydrogen) atoms. The normalized spacial score (nSPS) is 10.2. The molecule has 0 aliphatic heterocycles. The third-order valence-corrected chi connectivity index (χ3v) is 3.09. The van der Waals surface area contributed by atoms with Gasteiger partial charge in [-0.2, -0.15) is 0 Å². The van der Waals surface area contributed by atoms with Crippen LogP contribution in [0.4, 0.5) is 5.69 Å². The van der Waals surface area contributed by atoms with Crippen LogP contribution in [0.5, 0.6) is 0 Å². The van der Waals surface area contributed by atoms with E-state index >= 15 is 0 Å². The quantitative estimate of drug-likeness (QED) is 0.672. The first kappa shape index (κ1) is 13.3. The Labute approximate surface area is 114 Å². The molecular weight excluding hydrogens is 264 g/mol. The molecule has 2 aromatic heterocycles. The van der Waals surface area contributed by atoms with Crippen molar-refractivity contribution in [2.45, 2.75) is 17.0 Å². The van der Waals surface area contributed by atoms with Gasteiger partial charge in [-0.15, -0.1) is 0 Å². The van der Waals surface area contributed by atoms with Crippen molar-refractivity contribution < 1.29 is 9.53 Å². The number of pyridine rings is 1. The number of anilines is 1. The lowest BCUT2D eigenvalue weighted by Gasteiger charge is -2.07. The molecule has 2 heterocycles. The zero-order chi connectivity index (χ0) is 13.7. The fourth-order valence-electron chi connectivity index (χ4n) is 1.34. The number of nitrogens with two attached hydrogens (primary N) is 1. The SMILES string of the molecule is CCOC(=O)c1cc(N)cnc1Sc1ccncn1. The minimum atomic E-state index is -0.446. The summed E-state index contributed by atoms with van der Waals surface area (Å²) in [6.07, 6.45) is 4.55. The van der Waals surface area contributed by atoms with Crippen LogP contribution in [0.15, 0.2) is 40.9 Å². The fourth-order valence-corrected chi connectivity index (χ4v) is 2.13. The van der Waals surface area contributed by atoms with Crippen molar-refractivity contribution in [3.8, 4) is 0 Å². The number of esters is 1. The number of carbonyl (C=O) groups is 1. The number of nitrogen functional groups attached to an aromatic ring is 1. The van der Waals surface area contributed by atoms with E-state index in [9.17, 15) is 4.79 Å². The summed E-state index contributed by atoms with van der Waals surface area (Å²) < 4.78 is 4.98. The third-order valence-electron chi connectivity index (χ3n) is 2.12. The van der Waals surface area contributed by atoms with Gasteiger partial charge in [-0.1, -0.05) is 0 Å². The summed E-state index contributed by atoms with van der Waals surface area (Å²) in [5, 5.41) is 1.20. The number of hydrogen-bond donors (Lipinski definition) is 1. The number of ether oxygens (including phenoxy) is 1. The molecule has 0 radical (unpaired) electrons. The van der Waals surface area contributed by atoms with Crippen molar-refractivity contribution in [3.05, 3.63) is 36.4 Å². The van der Waals surface area contributed by atoms with Crippen molar-refractivity contribution in [2.24, 2.45) is 0 Å². The average molecular weight is 276 g/mol. The van der Waals surface area contributed by atoms with Crippen molar-refractivity contribution in [1.29, 1.82) is 0 Å². The van der Waals surface area contributed by atoms with Gasteiger partial charge in [0.25, 0.3) is 0 Å². The first-order valence-electron chi connectivity index (χ1n) is 5.57. The Hall–Kier alpha value is -2.15. The maximum Gasteiger partial charge on any atom is 0.340 e. The van der Waals surface area contributed by atoms with Gasteiger partial charge in [0.15, 0.2) is 0 Å². The van der Waals surface area contributed by atoms with Gasteiger partial charge in [0.2, 0.25) is 0 Å². The van der Waals surface area contributed by atoms with Gasteiger partial charge in [0, 0.05) is 6.20 Å². The van der Waals surface area contributed by atoms with E-state index < -0.39 is 5.97 Å². The summed E-state index contributed by atoms with van der Waals surface area (Å²) in [6, 6.07) is 3.28. The lowest BCUT2D eigenvalue weighted by Crippen LogP contribution is -2.08. The molecule has 98 valence electrons. The van der Waals surface area contributed by atoms with Gasteiger partial charge in [0.05, 0.1) is 24.1 Å². The second kappa shape index (κ2) is 6.14. The van der Waals surface area contributed by atoms with Gasteiger partial charge in [-0.05, 0) is 30.8 Å². The second-order valence-corrected chi connectivity index (χ2v) is 4.50. The molecule has 2 aromatic rings. The lowest BCUT2D eigenvalue weighted by molar-refractivity contribution is 0.0521. The predicted molar refractivity (Wildman–Crippen MR) is 70.8 cm³/mol. The van der Waals surface area contributed by atoms with Gasteiger partial charge < -0.3 is 10.5 Å². The highest BCUT2D eigenvalue weighted by molar-refractivity contribution is 7.99. The zero-order valence-corrected chi connectivity index (χ0v) is 11.1. The minimum Gasteiger partial charge on any atom is -0.462 e. The number of rotatable bonds is 4. The van der Waals surface area contributed by atoms with Crippen molar-refractivity contribution in [1.82, 2.24) is 15.0 Å². The highest BCUT2D eigenvalue weighted by Crippen LogP contribution is 2.28. The second-order valence-electron chi connectivity index (χ2n) is 3.49. The molecule has 0 amide bonds. The molecule has 0 bridgehead atoms. The average Bonchev–Trinajstić information content (AvgIpc) is 2.42. The van der Waals surface area contributed by atoms with Crippen LogP contribution in [0.2, 0.25) is 0 Å². The molecule has 0 aliphatic rings. The summed E-state index contributed by atoms with van der Waals surface area (Å²) in [4.78, 5) is 23.9. The van der Waals surface area contributed by atoms with E-state index in [-0.39, 0.29) is 0 Å². The van der Waals surface area contributed by atoms with Crippen LogP contribution in [0, 0.1) is 0 Å². The minimum absolute atomic E-state index is 0.297. The largest absolute Gasteiger partial charge is 0.462 e. The fraction of sp³-hybridized carbons (Fsp3) is 0.167. The van der Waals surface area contributed by atoms with Gasteiger partial charge in [0.1, 0.15) is 16.4 Å². The van der Waals surface area contributed by atoms with E-state index in [2.05, 4.69) is 15.0 Å². The Morgan fingerprint density at radius 3 is 3.00 bits per heavy atom. The first-order chi connectivity index (χ1) is 9.20. The van der Waals surface area contributed by atoms with E-state index in [4.69, 9.17) is 10.5 Å². The monoisotopic (exact) mass is 276 g/mol. The van der Waals surface area contributed by atoms with Crippen LogP contribution < -0.4 is 5.73 Å². The van der Waals surface area contributed by atoms with Crippen LogP contribution in [-0.2, 0) is 4.74 Å². The molecule has 0 unspecified atom stereocenters. The molecule has 7 heteroatoms. The van der Waals surface area contributed by atoms with Crippen LogP contribution in [-0.4, -0.2) is 27.5 Å². The Morgan fingerprint density at radius 2 is 2.32 bits per heavy atom. The predicted octanol–water partition coefficient (Wildman–Crippen LogP) is 1.78. The standard InChI is InChI=1S/C12H12N4O2S/c1-2-18-12(17)9-5-8(13)6-15-11(9)19-10-3-4-14-7-16-10/h3-7H,2,13H2,1H3. The molecule has 0 saturated carbocycles. The topological polar surface area (TPSA) is 91.0 Å². The molecule has 0 atom stereocenters. The van der Waals surface area contributed by atoms with Crippen LogP contribution >= 0.6 is 11.8 Å². The summed E-state index contributed by atoms with van der Waals surface area (Å²) in [5.41, 5.74) is 6.40. The summed E-state index contributed by atoms with van der Waals surface area (Å²) in [6.45, 7) is 2.04. The van der Waals surface area contributed by atoms with Crippen LogP contribution in [0.1, 0.15) is 17.3 Å². The number of carbonyl (C=O) groups excluding carboxylic acids is 1. The van der Waals surface area contributed by atoms with Gasteiger partial charge in [-0.3, -0.25) is 0 Å². The van der Waals surface area contributed by atoms with Gasteiger partial charge >= 0.3 is 5.97 Å². The van der Waals surface area contributed by atoms with E-state index in [0.717, 1.165) is 0 Å². The Bertz CT molecular complexity index is 577. The third kappa shape index (κ3) is 3.41. The molecule has 0 fully saturated rings. The van der Waals surface area contributed by atoms with Crippen molar-refractivity contribution in [2.75, 3.05) is 12.3 Å². The maximum absolute atomic E-state index is 11.8. The lowest BCUT2D eigenvalue weighted by atomic mass is 10.3. The maximum atomic E-state index is 11.8. The summed E-state index contributed by atoms with van der Waals surface area (Å²) in [5.74, 6) is -0.446. The number of aromatic nitrogens is 3. The van der Waals surface area contributed by atoms with Crippen LogP contribution in [0.25, 0.3) is 0 Å². The zero-order valence-electron chi connectivity index (χ0n) is 10.2.